The minimum absolute atomic E-state index is 0. The highest BCUT2D eigenvalue weighted by Crippen LogP contribution is 2.37. The van der Waals surface area contributed by atoms with Gasteiger partial charge in [0.1, 0.15) is 5.75 Å². The summed E-state index contributed by atoms with van der Waals surface area (Å²) in [5.74, 6) is 0.619. The Bertz CT molecular complexity index is 980. The molecule has 0 unspecified atom stereocenters. The Morgan fingerprint density at radius 3 is 2.41 bits per heavy atom. The molecule has 0 bridgehead atoms. The third kappa shape index (κ3) is 6.86. The van der Waals surface area contributed by atoms with Crippen LogP contribution in [0.4, 0.5) is 5.69 Å². The van der Waals surface area contributed by atoms with Gasteiger partial charge in [-0.25, -0.2) is 0 Å². The fourth-order valence-corrected chi connectivity index (χ4v) is 4.76. The van der Waals surface area contributed by atoms with Crippen LogP contribution in [0.2, 0.25) is 10.0 Å². The summed E-state index contributed by atoms with van der Waals surface area (Å²) >= 11 is 18.8. The SMILES string of the molecule is CCN(CC)CCCOc1ccc(N2C(=O)/C(=C/c3ccc(Cl)c(Cl)c3)SC2=S)cc1.Cl. The first kappa shape index (κ1) is 27.0. The van der Waals surface area contributed by atoms with E-state index in [1.165, 1.54) is 16.7 Å². The molecule has 4 nitrogen and oxygen atoms in total. The van der Waals surface area contributed by atoms with Crippen molar-refractivity contribution in [2.45, 2.75) is 20.3 Å². The van der Waals surface area contributed by atoms with Crippen molar-refractivity contribution in [3.63, 3.8) is 0 Å². The molecule has 0 aliphatic carbocycles. The van der Waals surface area contributed by atoms with Gasteiger partial charge in [-0.1, -0.05) is 67.1 Å². The highest BCUT2D eigenvalue weighted by Gasteiger charge is 2.33. The molecule has 0 spiro atoms. The molecule has 1 saturated heterocycles. The predicted octanol–water partition coefficient (Wildman–Crippen LogP) is 6.93. The number of anilines is 1. The first-order chi connectivity index (χ1) is 14.9. The van der Waals surface area contributed by atoms with Crippen LogP contribution in [0.3, 0.4) is 0 Å². The van der Waals surface area contributed by atoms with Crippen LogP contribution in [0.5, 0.6) is 5.75 Å². The van der Waals surface area contributed by atoms with Gasteiger partial charge in [0, 0.05) is 6.54 Å². The van der Waals surface area contributed by atoms with Crippen molar-refractivity contribution in [2.75, 3.05) is 31.1 Å². The van der Waals surface area contributed by atoms with Gasteiger partial charge in [-0.15, -0.1) is 12.4 Å². The van der Waals surface area contributed by atoms with Crippen LogP contribution in [0.15, 0.2) is 47.4 Å². The van der Waals surface area contributed by atoms with E-state index < -0.39 is 0 Å². The minimum atomic E-state index is -0.158. The van der Waals surface area contributed by atoms with Crippen molar-refractivity contribution in [1.82, 2.24) is 4.90 Å². The van der Waals surface area contributed by atoms with E-state index in [2.05, 4.69) is 18.7 Å². The molecule has 172 valence electrons. The lowest BCUT2D eigenvalue weighted by Crippen LogP contribution is -2.27. The zero-order valence-corrected chi connectivity index (χ0v) is 21.8. The van der Waals surface area contributed by atoms with Crippen LogP contribution >= 0.6 is 59.6 Å². The fraction of sp³-hybridized carbons (Fsp3) is 0.304. The van der Waals surface area contributed by atoms with E-state index in [0.29, 0.717) is 25.9 Å². The normalized spacial score (nSPS) is 14.9. The topological polar surface area (TPSA) is 32.8 Å². The zero-order valence-electron chi connectivity index (χ0n) is 17.8. The fourth-order valence-electron chi connectivity index (χ4n) is 3.15. The first-order valence-electron chi connectivity index (χ1n) is 10.1. The Morgan fingerprint density at radius 2 is 1.78 bits per heavy atom. The van der Waals surface area contributed by atoms with Gasteiger partial charge < -0.3 is 9.64 Å². The molecular formula is C23H25Cl3N2O2S2. The Morgan fingerprint density at radius 1 is 1.09 bits per heavy atom. The van der Waals surface area contributed by atoms with Crippen molar-refractivity contribution in [2.24, 2.45) is 0 Å². The number of carbonyl (C=O) groups excluding carboxylic acids is 1. The van der Waals surface area contributed by atoms with E-state index in [-0.39, 0.29) is 18.3 Å². The van der Waals surface area contributed by atoms with E-state index in [1.807, 2.05) is 30.3 Å². The van der Waals surface area contributed by atoms with Crippen LogP contribution < -0.4 is 9.64 Å². The molecule has 0 N–H and O–H groups in total. The van der Waals surface area contributed by atoms with Crippen LogP contribution in [0, 0.1) is 0 Å². The number of hydrogen-bond acceptors (Lipinski definition) is 5. The molecule has 9 heteroatoms. The molecule has 1 fully saturated rings. The van der Waals surface area contributed by atoms with E-state index >= 15 is 0 Å². The van der Waals surface area contributed by atoms with Gasteiger partial charge in [0.2, 0.25) is 0 Å². The maximum atomic E-state index is 12.9. The zero-order chi connectivity index (χ0) is 22.4. The van der Waals surface area contributed by atoms with Crippen molar-refractivity contribution >= 4 is 81.6 Å². The maximum absolute atomic E-state index is 12.9. The Balaban J connectivity index is 0.00000363. The number of thioether (sulfide) groups is 1. The summed E-state index contributed by atoms with van der Waals surface area (Å²) in [7, 11) is 0. The van der Waals surface area contributed by atoms with Crippen molar-refractivity contribution < 1.29 is 9.53 Å². The average molecular weight is 532 g/mol. The summed E-state index contributed by atoms with van der Waals surface area (Å²) in [4.78, 5) is 17.4. The third-order valence-corrected chi connectivity index (χ3v) is 6.95. The smallest absolute Gasteiger partial charge is 0.270 e. The molecule has 1 heterocycles. The predicted molar refractivity (Wildman–Crippen MR) is 144 cm³/mol. The summed E-state index contributed by atoms with van der Waals surface area (Å²) in [6, 6.07) is 12.7. The van der Waals surface area contributed by atoms with Crippen LogP contribution in [-0.2, 0) is 4.79 Å². The second kappa shape index (κ2) is 12.8. The number of nitrogens with zero attached hydrogens (tertiary/aromatic N) is 2. The summed E-state index contributed by atoms with van der Waals surface area (Å²) in [6.45, 7) is 8.10. The monoisotopic (exact) mass is 530 g/mol. The lowest BCUT2D eigenvalue weighted by molar-refractivity contribution is -0.113. The summed E-state index contributed by atoms with van der Waals surface area (Å²) < 4.78 is 6.32. The minimum Gasteiger partial charge on any atom is -0.494 e. The van der Waals surface area contributed by atoms with Gasteiger partial charge in [-0.3, -0.25) is 9.69 Å². The number of rotatable bonds is 9. The van der Waals surface area contributed by atoms with Crippen molar-refractivity contribution in [3.8, 4) is 5.75 Å². The lowest BCUT2D eigenvalue weighted by atomic mass is 10.2. The van der Waals surface area contributed by atoms with Crippen molar-refractivity contribution in [3.05, 3.63) is 63.0 Å². The van der Waals surface area contributed by atoms with Gasteiger partial charge >= 0.3 is 0 Å². The van der Waals surface area contributed by atoms with Crippen LogP contribution in [0.25, 0.3) is 6.08 Å². The van der Waals surface area contributed by atoms with Gasteiger partial charge in [0.05, 0.1) is 27.2 Å². The molecule has 1 amide bonds. The highest BCUT2D eigenvalue weighted by molar-refractivity contribution is 8.27. The summed E-state index contributed by atoms with van der Waals surface area (Å²) in [5.41, 5.74) is 1.51. The molecular weight excluding hydrogens is 507 g/mol. The molecule has 1 aliphatic heterocycles. The molecule has 0 radical (unpaired) electrons. The van der Waals surface area contributed by atoms with Crippen LogP contribution in [-0.4, -0.2) is 41.4 Å². The van der Waals surface area contributed by atoms with Gasteiger partial charge in [-0.2, -0.15) is 0 Å². The summed E-state index contributed by atoms with van der Waals surface area (Å²) in [6.07, 6.45) is 2.74. The average Bonchev–Trinajstić information content (AvgIpc) is 3.04. The van der Waals surface area contributed by atoms with Crippen molar-refractivity contribution in [1.29, 1.82) is 0 Å². The standard InChI is InChI=1S/C23H24Cl2N2O2S2.ClH/c1-3-26(4-2)12-5-13-29-18-9-7-17(8-10-18)27-22(28)21(31-23(27)30)15-16-6-11-19(24)20(25)14-16;/h6-11,14-15H,3-5,12-13H2,1-2H3;1H/b21-15-;. The first-order valence-corrected chi connectivity index (χ1v) is 12.1. The quantitative estimate of drug-likeness (QED) is 0.199. The Hall–Kier alpha value is -1.28. The molecule has 2 aromatic rings. The molecule has 0 saturated carbocycles. The van der Waals surface area contributed by atoms with E-state index in [0.717, 1.165) is 43.1 Å². The number of amides is 1. The molecule has 3 rings (SSSR count). The number of hydrogen-bond donors (Lipinski definition) is 0. The number of halogens is 3. The van der Waals surface area contributed by atoms with E-state index in [1.54, 1.807) is 18.2 Å². The number of ether oxygens (including phenoxy) is 1. The molecule has 32 heavy (non-hydrogen) atoms. The number of benzene rings is 2. The second-order valence-electron chi connectivity index (χ2n) is 6.91. The molecule has 1 aliphatic rings. The maximum Gasteiger partial charge on any atom is 0.270 e. The number of thiocarbonyl (C=S) groups is 1. The highest BCUT2D eigenvalue weighted by atomic mass is 35.5. The van der Waals surface area contributed by atoms with E-state index in [4.69, 9.17) is 40.2 Å². The molecule has 0 atom stereocenters. The largest absolute Gasteiger partial charge is 0.494 e. The van der Waals surface area contributed by atoms with Crippen LogP contribution in [0.1, 0.15) is 25.8 Å². The van der Waals surface area contributed by atoms with Gasteiger partial charge in [-0.05, 0) is 67.5 Å². The lowest BCUT2D eigenvalue weighted by Gasteiger charge is -2.18. The second-order valence-corrected chi connectivity index (χ2v) is 9.40. The number of carbonyl (C=O) groups is 1. The molecule has 2 aromatic carbocycles. The summed E-state index contributed by atoms with van der Waals surface area (Å²) in [5, 5.41) is 0.917. The Kier molecular flexibility index (Phi) is 10.8. The van der Waals surface area contributed by atoms with Gasteiger partial charge in [0.25, 0.3) is 5.91 Å². The van der Waals surface area contributed by atoms with Gasteiger partial charge in [0.15, 0.2) is 4.32 Å². The third-order valence-electron chi connectivity index (χ3n) is 4.91. The van der Waals surface area contributed by atoms with E-state index in [9.17, 15) is 4.79 Å². The Labute approximate surface area is 215 Å². The molecule has 0 aromatic heterocycles.